The van der Waals surface area contributed by atoms with E-state index >= 15 is 0 Å². The van der Waals surface area contributed by atoms with E-state index in [4.69, 9.17) is 5.73 Å². The third-order valence-electron chi connectivity index (χ3n) is 4.46. The van der Waals surface area contributed by atoms with Crippen LogP contribution in [0.1, 0.15) is 24.0 Å². The second kappa shape index (κ2) is 7.56. The molecule has 1 aliphatic heterocycles. The van der Waals surface area contributed by atoms with Crippen molar-refractivity contribution in [2.45, 2.75) is 32.4 Å². The van der Waals surface area contributed by atoms with Crippen LogP contribution >= 0.6 is 0 Å². The van der Waals surface area contributed by atoms with Crippen LogP contribution in [0.25, 0.3) is 0 Å². The zero-order valence-electron chi connectivity index (χ0n) is 13.2. The number of piperidine rings is 1. The van der Waals surface area contributed by atoms with Crippen LogP contribution in [-0.2, 0) is 19.5 Å². The summed E-state index contributed by atoms with van der Waals surface area (Å²) in [6.45, 7) is 5.25. The van der Waals surface area contributed by atoms with Crippen LogP contribution in [0.4, 0.5) is 0 Å². The number of rotatable bonds is 6. The lowest BCUT2D eigenvalue weighted by Crippen LogP contribution is -2.36. The summed E-state index contributed by atoms with van der Waals surface area (Å²) in [6, 6.07) is 8.88. The zero-order valence-corrected chi connectivity index (χ0v) is 13.2. The third-order valence-corrected chi connectivity index (χ3v) is 4.46. The number of hydrogen-bond acceptors (Lipinski definition) is 3. The highest BCUT2D eigenvalue weighted by atomic mass is 15.1. The van der Waals surface area contributed by atoms with E-state index in [0.29, 0.717) is 0 Å². The predicted molar refractivity (Wildman–Crippen MR) is 89.4 cm³/mol. The Morgan fingerprint density at radius 1 is 1.27 bits per heavy atom. The van der Waals surface area contributed by atoms with E-state index in [2.05, 4.69) is 44.9 Å². The van der Waals surface area contributed by atoms with E-state index in [1.54, 1.807) is 0 Å². The topological polar surface area (TPSA) is 47.1 Å². The second-order valence-electron chi connectivity index (χ2n) is 6.36. The van der Waals surface area contributed by atoms with Gasteiger partial charge in [-0.15, -0.1) is 0 Å². The number of imidazole rings is 1. The van der Waals surface area contributed by atoms with E-state index in [1.807, 2.05) is 12.5 Å². The van der Waals surface area contributed by atoms with Crippen molar-refractivity contribution >= 4 is 0 Å². The molecule has 1 aromatic heterocycles. The summed E-state index contributed by atoms with van der Waals surface area (Å²) in [6.07, 6.45) is 9.44. The fourth-order valence-electron chi connectivity index (χ4n) is 3.45. The molecule has 0 aliphatic carbocycles. The van der Waals surface area contributed by atoms with Gasteiger partial charge >= 0.3 is 0 Å². The summed E-state index contributed by atoms with van der Waals surface area (Å²) in [5, 5.41) is 0. The Morgan fingerprint density at radius 3 is 3.00 bits per heavy atom. The first-order valence-electron chi connectivity index (χ1n) is 8.29. The quantitative estimate of drug-likeness (QED) is 0.890. The van der Waals surface area contributed by atoms with Crippen molar-refractivity contribution in [3.63, 3.8) is 0 Å². The molecule has 1 aromatic carbocycles. The van der Waals surface area contributed by atoms with Gasteiger partial charge in [-0.05, 0) is 49.4 Å². The van der Waals surface area contributed by atoms with Gasteiger partial charge in [0.05, 0.1) is 6.33 Å². The van der Waals surface area contributed by atoms with Gasteiger partial charge in [-0.3, -0.25) is 4.90 Å². The molecule has 0 radical (unpaired) electrons. The maximum atomic E-state index is 5.66. The van der Waals surface area contributed by atoms with Gasteiger partial charge in [0.2, 0.25) is 0 Å². The maximum absolute atomic E-state index is 5.66. The fraction of sp³-hybridized carbons (Fsp3) is 0.500. The minimum Gasteiger partial charge on any atom is -0.337 e. The third kappa shape index (κ3) is 4.18. The summed E-state index contributed by atoms with van der Waals surface area (Å²) >= 11 is 0. The highest BCUT2D eigenvalue weighted by Crippen LogP contribution is 2.20. The highest BCUT2D eigenvalue weighted by molar-refractivity contribution is 5.23. The first kappa shape index (κ1) is 15.3. The molecule has 1 aliphatic rings. The zero-order chi connectivity index (χ0) is 15.2. The minimum absolute atomic E-state index is 0.722. The Kier molecular flexibility index (Phi) is 5.24. The van der Waals surface area contributed by atoms with Crippen LogP contribution in [-0.4, -0.2) is 34.1 Å². The molecule has 4 nitrogen and oxygen atoms in total. The number of benzene rings is 1. The van der Waals surface area contributed by atoms with Gasteiger partial charge in [0.25, 0.3) is 0 Å². The molecule has 0 saturated carbocycles. The van der Waals surface area contributed by atoms with E-state index < -0.39 is 0 Å². The molecule has 22 heavy (non-hydrogen) atoms. The Labute approximate surface area is 133 Å². The number of hydrogen-bond donors (Lipinski definition) is 1. The van der Waals surface area contributed by atoms with Crippen LogP contribution in [0.5, 0.6) is 0 Å². The van der Waals surface area contributed by atoms with Crippen LogP contribution in [0.2, 0.25) is 0 Å². The molecule has 3 rings (SSSR count). The molecule has 2 N–H and O–H groups in total. The molecule has 4 heteroatoms. The number of nitrogens with two attached hydrogens (primary N) is 1. The predicted octanol–water partition coefficient (Wildman–Crippen LogP) is 2.30. The molecule has 0 bridgehead atoms. The van der Waals surface area contributed by atoms with Gasteiger partial charge in [0.15, 0.2) is 0 Å². The summed E-state index contributed by atoms with van der Waals surface area (Å²) in [4.78, 5) is 6.73. The Hall–Kier alpha value is -1.65. The number of likely N-dealkylation sites (tertiary alicyclic amines) is 1. The molecule has 2 heterocycles. The summed E-state index contributed by atoms with van der Waals surface area (Å²) in [5.41, 5.74) is 8.42. The van der Waals surface area contributed by atoms with E-state index in [0.717, 1.165) is 32.0 Å². The molecule has 0 unspecified atom stereocenters. The SMILES string of the molecule is NCCc1cccc(CN2CCC[C@H](Cn3ccnc3)C2)c1. The highest BCUT2D eigenvalue weighted by Gasteiger charge is 2.20. The van der Waals surface area contributed by atoms with E-state index in [9.17, 15) is 0 Å². The fourth-order valence-corrected chi connectivity index (χ4v) is 3.45. The van der Waals surface area contributed by atoms with E-state index in [-0.39, 0.29) is 0 Å². The van der Waals surface area contributed by atoms with Gasteiger partial charge in [-0.2, -0.15) is 0 Å². The number of aromatic nitrogens is 2. The molecule has 0 amide bonds. The monoisotopic (exact) mass is 298 g/mol. The van der Waals surface area contributed by atoms with E-state index in [1.165, 1.54) is 37.1 Å². The smallest absolute Gasteiger partial charge is 0.0946 e. The van der Waals surface area contributed by atoms with Gasteiger partial charge in [-0.1, -0.05) is 24.3 Å². The van der Waals surface area contributed by atoms with Crippen molar-refractivity contribution in [2.75, 3.05) is 19.6 Å². The largest absolute Gasteiger partial charge is 0.337 e. The normalized spacial score (nSPS) is 19.4. The van der Waals surface area contributed by atoms with Crippen LogP contribution in [0, 0.1) is 5.92 Å². The van der Waals surface area contributed by atoms with Gasteiger partial charge in [0.1, 0.15) is 0 Å². The van der Waals surface area contributed by atoms with Crippen LogP contribution in [0.15, 0.2) is 43.0 Å². The Morgan fingerprint density at radius 2 is 2.18 bits per heavy atom. The van der Waals surface area contributed by atoms with Crippen molar-refractivity contribution in [3.05, 3.63) is 54.1 Å². The van der Waals surface area contributed by atoms with Crippen molar-refractivity contribution < 1.29 is 0 Å². The molecule has 1 fully saturated rings. The first-order chi connectivity index (χ1) is 10.8. The molecule has 1 saturated heterocycles. The Balaban J connectivity index is 1.56. The molecular weight excluding hydrogens is 272 g/mol. The van der Waals surface area contributed by atoms with Gasteiger partial charge in [-0.25, -0.2) is 4.98 Å². The molecule has 0 spiro atoms. The maximum Gasteiger partial charge on any atom is 0.0946 e. The van der Waals surface area contributed by atoms with Crippen molar-refractivity contribution in [1.82, 2.24) is 14.5 Å². The lowest BCUT2D eigenvalue weighted by atomic mass is 9.97. The molecule has 1 atom stereocenters. The lowest BCUT2D eigenvalue weighted by molar-refractivity contribution is 0.156. The van der Waals surface area contributed by atoms with Crippen LogP contribution in [0.3, 0.4) is 0 Å². The average Bonchev–Trinajstić information content (AvgIpc) is 3.01. The van der Waals surface area contributed by atoms with Crippen molar-refractivity contribution in [1.29, 1.82) is 0 Å². The van der Waals surface area contributed by atoms with Crippen LogP contribution < -0.4 is 5.73 Å². The average molecular weight is 298 g/mol. The summed E-state index contributed by atoms with van der Waals surface area (Å²) in [5.74, 6) is 0.732. The summed E-state index contributed by atoms with van der Waals surface area (Å²) < 4.78 is 2.20. The minimum atomic E-state index is 0.722. The van der Waals surface area contributed by atoms with Crippen molar-refractivity contribution in [3.8, 4) is 0 Å². The van der Waals surface area contributed by atoms with Gasteiger partial charge < -0.3 is 10.3 Å². The summed E-state index contributed by atoms with van der Waals surface area (Å²) in [7, 11) is 0. The second-order valence-corrected chi connectivity index (χ2v) is 6.36. The standard InChI is InChI=1S/C18H26N4/c19-7-6-16-3-1-4-17(11-16)12-21-9-2-5-18(13-21)14-22-10-8-20-15-22/h1,3-4,8,10-11,15,18H,2,5-7,9,12-14,19H2/t18-/m0/s1. The lowest BCUT2D eigenvalue weighted by Gasteiger charge is -2.33. The van der Waals surface area contributed by atoms with Crippen molar-refractivity contribution in [2.24, 2.45) is 11.7 Å². The first-order valence-corrected chi connectivity index (χ1v) is 8.29. The molecule has 118 valence electrons. The molecular formula is C18H26N4. The molecule has 2 aromatic rings. The van der Waals surface area contributed by atoms with Gasteiger partial charge in [0, 0.05) is 32.0 Å². The number of nitrogens with zero attached hydrogens (tertiary/aromatic N) is 3. The Bertz CT molecular complexity index is 564.